The second-order valence-corrected chi connectivity index (χ2v) is 7.45. The highest BCUT2D eigenvalue weighted by molar-refractivity contribution is 5.78. The zero-order chi connectivity index (χ0) is 18.7. The molecule has 0 aromatic heterocycles. The number of rotatable bonds is 6. The number of hydrogen-bond donors (Lipinski definition) is 2. The van der Waals surface area contributed by atoms with Crippen LogP contribution < -0.4 is 15.4 Å². The Morgan fingerprint density at radius 3 is 2.42 bits per heavy atom. The molecule has 26 heavy (non-hydrogen) atoms. The molecule has 0 bridgehead atoms. The van der Waals surface area contributed by atoms with Crippen molar-refractivity contribution in [1.29, 1.82) is 0 Å². The van der Waals surface area contributed by atoms with Crippen molar-refractivity contribution in [1.82, 2.24) is 10.6 Å². The standard InChI is InChI=1S/C22H28N2O2/c1-14-7-15(2)9-20(8-14)26-21-6-5-18(10-16(21)3)11-24-22(25)17(4)19-12-23-13-19/h5-10,17,19,23H,11-13H2,1-4H3,(H,24,25). The van der Waals surface area contributed by atoms with Gasteiger partial charge < -0.3 is 15.4 Å². The van der Waals surface area contributed by atoms with E-state index in [9.17, 15) is 4.79 Å². The fraction of sp³-hybridized carbons (Fsp3) is 0.409. The predicted molar refractivity (Wildman–Crippen MR) is 105 cm³/mol. The lowest BCUT2D eigenvalue weighted by Crippen LogP contribution is -2.49. The lowest BCUT2D eigenvalue weighted by Gasteiger charge is -2.31. The molecule has 2 aromatic rings. The van der Waals surface area contributed by atoms with Gasteiger partial charge >= 0.3 is 0 Å². The Labute approximate surface area is 156 Å². The molecule has 2 N–H and O–H groups in total. The average molecular weight is 352 g/mol. The van der Waals surface area contributed by atoms with Crippen molar-refractivity contribution >= 4 is 5.91 Å². The summed E-state index contributed by atoms with van der Waals surface area (Å²) in [6.07, 6.45) is 0. The Hall–Kier alpha value is -2.33. The van der Waals surface area contributed by atoms with Crippen molar-refractivity contribution in [2.75, 3.05) is 13.1 Å². The summed E-state index contributed by atoms with van der Waals surface area (Å²) in [5.74, 6) is 2.35. The molecule has 1 fully saturated rings. The molecule has 0 saturated carbocycles. The second-order valence-electron chi connectivity index (χ2n) is 7.45. The Balaban J connectivity index is 1.61. The Morgan fingerprint density at radius 2 is 1.85 bits per heavy atom. The first kappa shape index (κ1) is 18.5. The van der Waals surface area contributed by atoms with Gasteiger partial charge in [-0.25, -0.2) is 0 Å². The zero-order valence-electron chi connectivity index (χ0n) is 16.1. The maximum Gasteiger partial charge on any atom is 0.223 e. The minimum Gasteiger partial charge on any atom is -0.457 e. The quantitative estimate of drug-likeness (QED) is 0.830. The van der Waals surface area contributed by atoms with Crippen molar-refractivity contribution in [2.24, 2.45) is 11.8 Å². The Bertz CT molecular complexity index is 776. The summed E-state index contributed by atoms with van der Waals surface area (Å²) in [5.41, 5.74) is 4.52. The average Bonchev–Trinajstić information content (AvgIpc) is 2.52. The highest BCUT2D eigenvalue weighted by atomic mass is 16.5. The van der Waals surface area contributed by atoms with Crippen LogP contribution in [0.25, 0.3) is 0 Å². The number of carbonyl (C=O) groups excluding carboxylic acids is 1. The van der Waals surface area contributed by atoms with E-state index in [0.717, 1.165) is 35.7 Å². The normalized spacial score (nSPS) is 15.2. The van der Waals surface area contributed by atoms with E-state index < -0.39 is 0 Å². The molecular formula is C22H28N2O2. The second kappa shape index (κ2) is 7.92. The SMILES string of the molecule is Cc1cc(C)cc(Oc2ccc(CNC(=O)C(C)C3CNC3)cc2C)c1. The van der Waals surface area contributed by atoms with E-state index in [1.807, 2.05) is 38.1 Å². The third kappa shape index (κ3) is 4.44. The van der Waals surface area contributed by atoms with Crippen LogP contribution in [0.4, 0.5) is 0 Å². The lowest BCUT2D eigenvalue weighted by atomic mass is 9.88. The van der Waals surface area contributed by atoms with E-state index >= 15 is 0 Å². The van der Waals surface area contributed by atoms with Crippen LogP contribution in [0.5, 0.6) is 11.5 Å². The summed E-state index contributed by atoms with van der Waals surface area (Å²) >= 11 is 0. The minimum absolute atomic E-state index is 0.0597. The van der Waals surface area contributed by atoms with Gasteiger partial charge in [0, 0.05) is 12.5 Å². The Kier molecular flexibility index (Phi) is 5.62. The predicted octanol–water partition coefficient (Wildman–Crippen LogP) is 3.88. The summed E-state index contributed by atoms with van der Waals surface area (Å²) in [7, 11) is 0. The molecular weight excluding hydrogens is 324 g/mol. The first-order valence-corrected chi connectivity index (χ1v) is 9.26. The van der Waals surface area contributed by atoms with E-state index in [0.29, 0.717) is 12.5 Å². The van der Waals surface area contributed by atoms with Crippen molar-refractivity contribution in [2.45, 2.75) is 34.2 Å². The van der Waals surface area contributed by atoms with Gasteiger partial charge in [-0.2, -0.15) is 0 Å². The van der Waals surface area contributed by atoms with Crippen molar-refractivity contribution < 1.29 is 9.53 Å². The van der Waals surface area contributed by atoms with Gasteiger partial charge in [0.15, 0.2) is 0 Å². The molecule has 4 nitrogen and oxygen atoms in total. The van der Waals surface area contributed by atoms with Crippen molar-refractivity contribution in [3.8, 4) is 11.5 Å². The lowest BCUT2D eigenvalue weighted by molar-refractivity contribution is -0.126. The highest BCUT2D eigenvalue weighted by Gasteiger charge is 2.28. The van der Waals surface area contributed by atoms with E-state index in [-0.39, 0.29) is 11.8 Å². The van der Waals surface area contributed by atoms with Crippen molar-refractivity contribution in [3.05, 3.63) is 58.7 Å². The molecule has 1 unspecified atom stereocenters. The summed E-state index contributed by atoms with van der Waals surface area (Å²) in [6, 6.07) is 12.3. The van der Waals surface area contributed by atoms with Crippen LogP contribution in [-0.4, -0.2) is 19.0 Å². The molecule has 1 amide bonds. The van der Waals surface area contributed by atoms with Crippen LogP contribution >= 0.6 is 0 Å². The van der Waals surface area contributed by atoms with E-state index in [1.165, 1.54) is 11.1 Å². The minimum atomic E-state index is 0.0597. The number of ether oxygens (including phenoxy) is 1. The molecule has 0 spiro atoms. The molecule has 138 valence electrons. The number of nitrogens with one attached hydrogen (secondary N) is 2. The topological polar surface area (TPSA) is 50.4 Å². The Morgan fingerprint density at radius 1 is 1.15 bits per heavy atom. The highest BCUT2D eigenvalue weighted by Crippen LogP contribution is 2.27. The number of benzene rings is 2. The van der Waals surface area contributed by atoms with Gasteiger partial charge in [-0.15, -0.1) is 0 Å². The maximum atomic E-state index is 12.2. The van der Waals surface area contributed by atoms with Gasteiger partial charge in [0.05, 0.1) is 0 Å². The molecule has 2 aromatic carbocycles. The van der Waals surface area contributed by atoms with Gasteiger partial charge in [-0.05, 0) is 80.2 Å². The summed E-state index contributed by atoms with van der Waals surface area (Å²) in [5, 5.41) is 6.27. The smallest absolute Gasteiger partial charge is 0.223 e. The van der Waals surface area contributed by atoms with Gasteiger partial charge in [0.1, 0.15) is 11.5 Å². The molecule has 1 aliphatic rings. The number of hydrogen-bond acceptors (Lipinski definition) is 3. The van der Waals surface area contributed by atoms with E-state index in [1.54, 1.807) is 0 Å². The van der Waals surface area contributed by atoms with Crippen LogP contribution in [0.3, 0.4) is 0 Å². The first-order chi connectivity index (χ1) is 12.4. The van der Waals surface area contributed by atoms with Gasteiger partial charge in [0.25, 0.3) is 0 Å². The monoisotopic (exact) mass is 352 g/mol. The molecule has 1 aliphatic heterocycles. The third-order valence-electron chi connectivity index (χ3n) is 5.06. The van der Waals surface area contributed by atoms with Crippen LogP contribution in [0.15, 0.2) is 36.4 Å². The van der Waals surface area contributed by atoms with E-state index in [4.69, 9.17) is 4.74 Å². The molecule has 0 radical (unpaired) electrons. The number of aryl methyl sites for hydroxylation is 3. The molecule has 1 atom stereocenters. The van der Waals surface area contributed by atoms with Gasteiger partial charge in [-0.3, -0.25) is 4.79 Å². The molecule has 1 heterocycles. The number of amides is 1. The first-order valence-electron chi connectivity index (χ1n) is 9.26. The van der Waals surface area contributed by atoms with Crippen LogP contribution in [0.1, 0.15) is 29.2 Å². The van der Waals surface area contributed by atoms with E-state index in [2.05, 4.69) is 36.6 Å². The van der Waals surface area contributed by atoms with Gasteiger partial charge in [0.2, 0.25) is 5.91 Å². The zero-order valence-corrected chi connectivity index (χ0v) is 16.1. The van der Waals surface area contributed by atoms with Crippen LogP contribution in [0.2, 0.25) is 0 Å². The van der Waals surface area contributed by atoms with Crippen LogP contribution in [0, 0.1) is 32.6 Å². The largest absolute Gasteiger partial charge is 0.457 e. The van der Waals surface area contributed by atoms with Gasteiger partial charge in [-0.1, -0.05) is 25.1 Å². The maximum absolute atomic E-state index is 12.2. The fourth-order valence-corrected chi connectivity index (χ4v) is 3.28. The van der Waals surface area contributed by atoms with Crippen LogP contribution in [-0.2, 0) is 11.3 Å². The molecule has 0 aliphatic carbocycles. The third-order valence-corrected chi connectivity index (χ3v) is 5.06. The summed E-state index contributed by atoms with van der Waals surface area (Å²) in [6.45, 7) is 10.6. The summed E-state index contributed by atoms with van der Waals surface area (Å²) in [4.78, 5) is 12.2. The summed E-state index contributed by atoms with van der Waals surface area (Å²) < 4.78 is 6.05. The molecule has 1 saturated heterocycles. The van der Waals surface area contributed by atoms with Crippen molar-refractivity contribution in [3.63, 3.8) is 0 Å². The molecule has 4 heteroatoms. The molecule has 3 rings (SSSR count). The number of carbonyl (C=O) groups is 1. The fourth-order valence-electron chi connectivity index (χ4n) is 3.28.